The number of rotatable bonds is 8. The average molecular weight is 629 g/mol. The van der Waals surface area contributed by atoms with Gasteiger partial charge in [-0.05, 0) is 31.2 Å². The number of fused-ring (bicyclic) bond motifs is 2. The van der Waals surface area contributed by atoms with Crippen LogP contribution in [0.15, 0.2) is 61.2 Å². The smallest absolute Gasteiger partial charge is 0.334 e. The molecule has 0 radical (unpaired) electrons. The fourth-order valence-electron chi connectivity index (χ4n) is 6.49. The van der Waals surface area contributed by atoms with Gasteiger partial charge in [0.05, 0.1) is 18.6 Å². The summed E-state index contributed by atoms with van der Waals surface area (Å²) in [6, 6.07) is 14.0. The second-order valence-electron chi connectivity index (χ2n) is 12.0. The molecule has 3 saturated heterocycles. The molecule has 0 spiro atoms. The summed E-state index contributed by atoms with van der Waals surface area (Å²) >= 11 is 0. The van der Waals surface area contributed by atoms with Gasteiger partial charge in [0, 0.05) is 45.8 Å². The summed E-state index contributed by atoms with van der Waals surface area (Å²) in [5.74, 6) is -0.490. The molecule has 3 fully saturated rings. The van der Waals surface area contributed by atoms with Crippen molar-refractivity contribution in [3.8, 4) is 0 Å². The molecule has 14 heteroatoms. The maximum Gasteiger partial charge on any atom is 0.334 e. The maximum atomic E-state index is 13.8. The first-order valence-electron chi connectivity index (χ1n) is 15.6. The van der Waals surface area contributed by atoms with Gasteiger partial charge in [-0.1, -0.05) is 53.8 Å². The Bertz CT molecular complexity index is 1620. The first-order chi connectivity index (χ1) is 22.2. The van der Waals surface area contributed by atoms with Crippen molar-refractivity contribution in [2.24, 2.45) is 0 Å². The molecule has 242 valence electrons. The molecule has 3 aliphatic rings. The quantitative estimate of drug-likeness (QED) is 0.362. The number of amides is 5. The molecule has 0 saturated carbocycles. The van der Waals surface area contributed by atoms with E-state index in [4.69, 9.17) is 0 Å². The Balaban J connectivity index is 1.25. The number of para-hydroxylation sites is 1. The van der Waals surface area contributed by atoms with Crippen LogP contribution in [0.1, 0.15) is 18.1 Å². The van der Waals surface area contributed by atoms with Gasteiger partial charge in [0.1, 0.15) is 24.3 Å². The lowest BCUT2D eigenvalue weighted by Gasteiger charge is -2.54. The number of benzene rings is 2. The van der Waals surface area contributed by atoms with Crippen molar-refractivity contribution in [3.63, 3.8) is 0 Å². The number of aromatic nitrogens is 3. The molecule has 1 N–H and O–H groups in total. The van der Waals surface area contributed by atoms with Crippen molar-refractivity contribution in [1.29, 1.82) is 0 Å². The van der Waals surface area contributed by atoms with Crippen LogP contribution < -0.4 is 5.32 Å². The molecule has 6 rings (SSSR count). The molecule has 2 aromatic carbocycles. The Morgan fingerprint density at radius 3 is 2.54 bits per heavy atom. The van der Waals surface area contributed by atoms with E-state index in [1.165, 1.54) is 4.90 Å². The maximum absolute atomic E-state index is 13.8. The molecule has 1 aromatic heterocycles. The highest BCUT2D eigenvalue weighted by atomic mass is 16.2. The topological polar surface area (TPSA) is 130 Å². The van der Waals surface area contributed by atoms with E-state index in [1.54, 1.807) is 32.6 Å². The third-order valence-corrected chi connectivity index (χ3v) is 8.94. The predicted octanol–water partition coefficient (Wildman–Crippen LogP) is 0.719. The van der Waals surface area contributed by atoms with Gasteiger partial charge in [-0.2, -0.15) is 0 Å². The van der Waals surface area contributed by atoms with E-state index < -0.39 is 12.2 Å². The van der Waals surface area contributed by atoms with E-state index in [0.717, 1.165) is 24.2 Å². The van der Waals surface area contributed by atoms with Crippen LogP contribution in [-0.2, 0) is 34.0 Å². The van der Waals surface area contributed by atoms with E-state index in [1.807, 2.05) is 60.5 Å². The van der Waals surface area contributed by atoms with Gasteiger partial charge in [0.25, 0.3) is 0 Å². The number of nitrogens with zero attached hydrogens (tertiary/aromatic N) is 9. The number of hydrazine groups is 1. The molecule has 2 atom stereocenters. The zero-order chi connectivity index (χ0) is 32.4. The predicted molar refractivity (Wildman–Crippen MR) is 169 cm³/mol. The van der Waals surface area contributed by atoms with Crippen LogP contribution in [0.5, 0.6) is 0 Å². The van der Waals surface area contributed by atoms with Crippen LogP contribution in [0.2, 0.25) is 0 Å². The lowest BCUT2D eigenvalue weighted by molar-refractivity contribution is -0.188. The number of hydrogen-bond acceptors (Lipinski definition) is 8. The second-order valence-corrected chi connectivity index (χ2v) is 12.0. The first-order valence-corrected chi connectivity index (χ1v) is 15.6. The summed E-state index contributed by atoms with van der Waals surface area (Å²) in [5, 5.41) is 14.8. The van der Waals surface area contributed by atoms with E-state index in [0.29, 0.717) is 30.7 Å². The van der Waals surface area contributed by atoms with Gasteiger partial charge in [0.15, 0.2) is 0 Å². The van der Waals surface area contributed by atoms with Crippen molar-refractivity contribution in [2.45, 2.75) is 38.8 Å². The number of urea groups is 1. The summed E-state index contributed by atoms with van der Waals surface area (Å²) in [4.78, 5) is 61.3. The SMILES string of the molecule is C=CCN1CC(=O)N2[C@@H](C)C(=O)N(Cc3cccc4nnn(CC(=O)N5CCN(C)CC5)c34)C[C@@H]2N1C(=O)NCc1ccccc1. The Morgan fingerprint density at radius 1 is 1.04 bits per heavy atom. The minimum atomic E-state index is -0.789. The number of carbonyl (C=O) groups is 4. The minimum Gasteiger partial charge on any atom is -0.339 e. The number of likely N-dealkylation sites (N-methyl/N-ethyl adjacent to an activating group) is 1. The first kappa shape index (κ1) is 31.2. The zero-order valence-electron chi connectivity index (χ0n) is 26.3. The lowest BCUT2D eigenvalue weighted by atomic mass is 10.1. The highest BCUT2D eigenvalue weighted by Gasteiger charge is 2.49. The van der Waals surface area contributed by atoms with Gasteiger partial charge >= 0.3 is 6.03 Å². The van der Waals surface area contributed by atoms with Crippen molar-refractivity contribution >= 4 is 34.8 Å². The fourth-order valence-corrected chi connectivity index (χ4v) is 6.49. The fraction of sp³-hybridized carbons (Fsp3) is 0.438. The van der Waals surface area contributed by atoms with E-state index in [9.17, 15) is 19.2 Å². The van der Waals surface area contributed by atoms with E-state index in [2.05, 4.69) is 27.1 Å². The summed E-state index contributed by atoms with van der Waals surface area (Å²) in [6.45, 7) is 9.33. The van der Waals surface area contributed by atoms with Gasteiger partial charge < -0.3 is 24.9 Å². The van der Waals surface area contributed by atoms with Crippen LogP contribution in [0, 0.1) is 0 Å². The largest absolute Gasteiger partial charge is 0.339 e. The molecule has 3 aromatic rings. The van der Waals surface area contributed by atoms with E-state index in [-0.39, 0.29) is 56.5 Å². The summed E-state index contributed by atoms with van der Waals surface area (Å²) < 4.78 is 1.61. The standard InChI is InChI=1S/C32H40N10O4/c1-4-13-39-21-29(44)41-23(2)31(45)38(20-27(41)42(39)32(46)33-18-24-9-6-5-7-10-24)19-25-11-8-12-26-30(25)40(35-34-26)22-28(43)37-16-14-36(3)15-17-37/h4-12,23,27H,1,13-22H2,2-3H3,(H,33,46)/t23-,27-/m0/s1. The third-order valence-electron chi connectivity index (χ3n) is 8.94. The number of hydrogen-bond donors (Lipinski definition) is 1. The van der Waals surface area contributed by atoms with Crippen LogP contribution in [0.25, 0.3) is 11.0 Å². The van der Waals surface area contributed by atoms with Gasteiger partial charge in [-0.3, -0.25) is 14.4 Å². The van der Waals surface area contributed by atoms with Crippen LogP contribution in [-0.4, -0.2) is 133 Å². The molecule has 0 bridgehead atoms. The molecular formula is C32H40N10O4. The Hall–Kier alpha value is -4.82. The molecular weight excluding hydrogens is 588 g/mol. The third kappa shape index (κ3) is 6.17. The average Bonchev–Trinajstić information content (AvgIpc) is 3.46. The van der Waals surface area contributed by atoms with Gasteiger partial charge in [0.2, 0.25) is 17.7 Å². The van der Waals surface area contributed by atoms with Crippen molar-refractivity contribution < 1.29 is 19.2 Å². The number of piperazine rings is 2. The van der Waals surface area contributed by atoms with Crippen LogP contribution in [0.4, 0.5) is 4.79 Å². The molecule has 14 nitrogen and oxygen atoms in total. The lowest BCUT2D eigenvalue weighted by Crippen LogP contribution is -2.75. The monoisotopic (exact) mass is 628 g/mol. The summed E-state index contributed by atoms with van der Waals surface area (Å²) in [5.41, 5.74) is 3.01. The highest BCUT2D eigenvalue weighted by molar-refractivity contribution is 5.91. The Morgan fingerprint density at radius 2 is 1.80 bits per heavy atom. The zero-order valence-corrected chi connectivity index (χ0v) is 26.3. The highest BCUT2D eigenvalue weighted by Crippen LogP contribution is 2.28. The molecule has 46 heavy (non-hydrogen) atoms. The van der Waals surface area contributed by atoms with Crippen molar-refractivity contribution in [1.82, 2.24) is 49.9 Å². The van der Waals surface area contributed by atoms with E-state index >= 15 is 0 Å². The second kappa shape index (κ2) is 13.3. The molecule has 0 aliphatic carbocycles. The molecule has 4 heterocycles. The molecule has 5 amide bonds. The summed E-state index contributed by atoms with van der Waals surface area (Å²) in [6.07, 6.45) is 0.916. The normalized spacial score (nSPS) is 21.1. The van der Waals surface area contributed by atoms with Crippen molar-refractivity contribution in [2.75, 3.05) is 52.9 Å². The summed E-state index contributed by atoms with van der Waals surface area (Å²) in [7, 11) is 2.04. The van der Waals surface area contributed by atoms with Crippen LogP contribution >= 0.6 is 0 Å². The molecule has 3 aliphatic heterocycles. The van der Waals surface area contributed by atoms with Gasteiger partial charge in [-0.25, -0.2) is 19.5 Å². The Labute approximate surface area is 267 Å². The minimum absolute atomic E-state index is 0.0341. The van der Waals surface area contributed by atoms with Gasteiger partial charge in [-0.15, -0.1) is 11.7 Å². The number of carbonyl (C=O) groups excluding carboxylic acids is 4. The van der Waals surface area contributed by atoms with Crippen molar-refractivity contribution in [3.05, 3.63) is 72.3 Å². The molecule has 0 unspecified atom stereocenters. The number of nitrogens with one attached hydrogen (secondary N) is 1. The van der Waals surface area contributed by atoms with Crippen LogP contribution in [0.3, 0.4) is 0 Å². The Kier molecular flexibility index (Phi) is 8.99.